The molecule has 0 saturated heterocycles. The summed E-state index contributed by atoms with van der Waals surface area (Å²) in [7, 11) is 0. The molecule has 2 aromatic heterocycles. The second kappa shape index (κ2) is 5.00. The molecule has 3 nitrogen and oxygen atoms in total. The van der Waals surface area contributed by atoms with Gasteiger partial charge in [0.05, 0.1) is 13.6 Å². The smallest absolute Gasteiger partial charge is 0.130 e. The molecule has 2 rings (SSSR count). The van der Waals surface area contributed by atoms with Crippen molar-refractivity contribution in [1.29, 1.82) is 0 Å². The summed E-state index contributed by atoms with van der Waals surface area (Å²) in [6, 6.07) is 1.85. The average molecular weight is 365 g/mol. The van der Waals surface area contributed by atoms with Gasteiger partial charge in [-0.3, -0.25) is 0 Å². The van der Waals surface area contributed by atoms with Gasteiger partial charge in [0.25, 0.3) is 0 Å². The van der Waals surface area contributed by atoms with Gasteiger partial charge >= 0.3 is 0 Å². The van der Waals surface area contributed by atoms with Gasteiger partial charge in [-0.15, -0.1) is 11.3 Å². The number of thiophene rings is 1. The summed E-state index contributed by atoms with van der Waals surface area (Å²) in [5, 5.41) is 0. The number of imidazole rings is 1. The number of nitrogens with two attached hydrogens (primary N) is 1. The van der Waals surface area contributed by atoms with Crippen LogP contribution in [0.3, 0.4) is 0 Å². The van der Waals surface area contributed by atoms with E-state index in [0.29, 0.717) is 0 Å². The Bertz CT molecular complexity index is 492. The van der Waals surface area contributed by atoms with Crippen LogP contribution >= 0.6 is 43.2 Å². The van der Waals surface area contributed by atoms with Crippen LogP contribution < -0.4 is 5.73 Å². The van der Waals surface area contributed by atoms with Crippen molar-refractivity contribution in [3.63, 3.8) is 0 Å². The van der Waals surface area contributed by atoms with Crippen molar-refractivity contribution in [1.82, 2.24) is 9.55 Å². The number of nitrogens with zero attached hydrogens (tertiary/aromatic N) is 2. The molecule has 2 N–H and O–H groups in total. The van der Waals surface area contributed by atoms with E-state index >= 15 is 0 Å². The van der Waals surface area contributed by atoms with E-state index in [0.717, 1.165) is 25.5 Å². The maximum atomic E-state index is 6.22. The van der Waals surface area contributed by atoms with Crippen LogP contribution in [0.25, 0.3) is 0 Å². The maximum absolute atomic E-state index is 6.22. The van der Waals surface area contributed by atoms with Crippen molar-refractivity contribution in [2.45, 2.75) is 19.5 Å². The highest BCUT2D eigenvalue weighted by Crippen LogP contribution is 2.36. The van der Waals surface area contributed by atoms with E-state index in [9.17, 15) is 0 Å². The van der Waals surface area contributed by atoms with Gasteiger partial charge < -0.3 is 10.3 Å². The lowest BCUT2D eigenvalue weighted by Gasteiger charge is -2.12. The van der Waals surface area contributed by atoms with Crippen molar-refractivity contribution in [3.8, 4) is 0 Å². The normalized spacial score (nSPS) is 13.0. The summed E-state index contributed by atoms with van der Waals surface area (Å²) in [6.45, 7) is 2.96. The Morgan fingerprint density at radius 1 is 1.56 bits per heavy atom. The lowest BCUT2D eigenvalue weighted by molar-refractivity contribution is 0.656. The van der Waals surface area contributed by atoms with Crippen molar-refractivity contribution >= 4 is 43.2 Å². The van der Waals surface area contributed by atoms with Crippen molar-refractivity contribution in [2.24, 2.45) is 5.73 Å². The Morgan fingerprint density at radius 3 is 2.88 bits per heavy atom. The largest absolute Gasteiger partial charge is 0.334 e. The summed E-state index contributed by atoms with van der Waals surface area (Å²) in [5.74, 6) is 0.897. The van der Waals surface area contributed by atoms with Gasteiger partial charge in [-0.1, -0.05) is 0 Å². The first kappa shape index (κ1) is 12.3. The van der Waals surface area contributed by atoms with Crippen LogP contribution in [0.15, 0.2) is 26.0 Å². The Labute approximate surface area is 115 Å². The molecule has 0 aliphatic heterocycles. The zero-order valence-corrected chi connectivity index (χ0v) is 12.6. The highest BCUT2D eigenvalue weighted by Gasteiger charge is 2.18. The molecule has 1 unspecified atom stereocenters. The Hall–Kier alpha value is -0.170. The van der Waals surface area contributed by atoms with E-state index in [2.05, 4.69) is 48.3 Å². The van der Waals surface area contributed by atoms with Crippen LogP contribution in [0, 0.1) is 0 Å². The summed E-state index contributed by atoms with van der Waals surface area (Å²) < 4.78 is 4.18. The lowest BCUT2D eigenvalue weighted by Crippen LogP contribution is -2.17. The Kier molecular flexibility index (Phi) is 3.84. The minimum absolute atomic E-state index is 0.188. The predicted molar refractivity (Wildman–Crippen MR) is 73.7 cm³/mol. The lowest BCUT2D eigenvalue weighted by atomic mass is 10.1. The Balaban J connectivity index is 2.38. The van der Waals surface area contributed by atoms with E-state index in [1.54, 1.807) is 17.5 Å². The second-order valence-corrected chi connectivity index (χ2v) is 7.08. The van der Waals surface area contributed by atoms with Crippen molar-refractivity contribution in [2.75, 3.05) is 0 Å². The van der Waals surface area contributed by atoms with Gasteiger partial charge in [0.15, 0.2) is 0 Å². The molecule has 0 aromatic carbocycles. The fourth-order valence-corrected chi connectivity index (χ4v) is 4.50. The molecule has 6 heteroatoms. The summed E-state index contributed by atoms with van der Waals surface area (Å²) >= 11 is 8.60. The number of aryl methyl sites for hydroxylation is 1. The molecular formula is C10H11Br2N3S. The molecule has 0 bridgehead atoms. The molecule has 0 saturated carbocycles. The molecule has 1 atom stereocenters. The summed E-state index contributed by atoms with van der Waals surface area (Å²) in [6.07, 6.45) is 3.73. The van der Waals surface area contributed by atoms with Gasteiger partial charge in [-0.2, -0.15) is 0 Å². The molecule has 0 aliphatic rings. The van der Waals surface area contributed by atoms with E-state index in [1.807, 2.05) is 12.3 Å². The third-order valence-corrected chi connectivity index (χ3v) is 4.77. The predicted octanol–water partition coefficient (Wildman–Crippen LogP) is 3.54. The van der Waals surface area contributed by atoms with E-state index < -0.39 is 0 Å². The number of halogens is 2. The fraction of sp³-hybridized carbons (Fsp3) is 0.300. The number of hydrogen-bond donors (Lipinski definition) is 1. The van der Waals surface area contributed by atoms with Crippen molar-refractivity contribution < 1.29 is 0 Å². The molecule has 0 radical (unpaired) electrons. The molecule has 0 spiro atoms. The second-order valence-electron chi connectivity index (χ2n) is 3.33. The minimum atomic E-state index is -0.188. The van der Waals surface area contributed by atoms with E-state index in [4.69, 9.17) is 5.73 Å². The highest BCUT2D eigenvalue weighted by molar-refractivity contribution is 9.12. The standard InChI is InChI=1S/C10H11Br2N3S/c1-2-15-4-3-14-10(15)8(13)6-5-7(11)16-9(6)12/h3-5,8H,2,13H2,1H3. The zero-order valence-electron chi connectivity index (χ0n) is 8.65. The number of aromatic nitrogens is 2. The molecular weight excluding hydrogens is 354 g/mol. The third kappa shape index (κ3) is 2.25. The minimum Gasteiger partial charge on any atom is -0.334 e. The molecule has 0 amide bonds. The highest BCUT2D eigenvalue weighted by atomic mass is 79.9. The summed E-state index contributed by atoms with van der Waals surface area (Å²) in [5.41, 5.74) is 7.29. The van der Waals surface area contributed by atoms with Crippen LogP contribution in [-0.2, 0) is 6.54 Å². The van der Waals surface area contributed by atoms with Crippen LogP contribution in [-0.4, -0.2) is 9.55 Å². The van der Waals surface area contributed by atoms with Crippen LogP contribution in [0.5, 0.6) is 0 Å². The van der Waals surface area contributed by atoms with Gasteiger partial charge in [-0.25, -0.2) is 4.98 Å². The van der Waals surface area contributed by atoms with Gasteiger partial charge in [0.2, 0.25) is 0 Å². The SMILES string of the molecule is CCn1ccnc1C(N)c1cc(Br)sc1Br. The molecule has 2 aromatic rings. The van der Waals surface area contributed by atoms with Crippen LogP contribution in [0.2, 0.25) is 0 Å². The van der Waals surface area contributed by atoms with E-state index in [-0.39, 0.29) is 6.04 Å². The first-order valence-corrected chi connectivity index (χ1v) is 7.25. The first-order chi connectivity index (χ1) is 7.63. The zero-order chi connectivity index (χ0) is 11.7. The van der Waals surface area contributed by atoms with Gasteiger partial charge in [-0.05, 0) is 44.8 Å². The van der Waals surface area contributed by atoms with Gasteiger partial charge in [0.1, 0.15) is 5.82 Å². The quantitative estimate of drug-likeness (QED) is 0.905. The Morgan fingerprint density at radius 2 is 2.31 bits per heavy atom. The van der Waals surface area contributed by atoms with Crippen LogP contribution in [0.4, 0.5) is 0 Å². The third-order valence-electron chi connectivity index (χ3n) is 2.38. The maximum Gasteiger partial charge on any atom is 0.130 e. The number of rotatable bonds is 3. The molecule has 86 valence electrons. The van der Waals surface area contributed by atoms with Gasteiger partial charge in [0, 0.05) is 24.5 Å². The molecule has 16 heavy (non-hydrogen) atoms. The monoisotopic (exact) mass is 363 g/mol. The fourth-order valence-electron chi connectivity index (χ4n) is 1.57. The van der Waals surface area contributed by atoms with Crippen LogP contribution in [0.1, 0.15) is 24.4 Å². The van der Waals surface area contributed by atoms with E-state index in [1.165, 1.54) is 0 Å². The number of hydrogen-bond acceptors (Lipinski definition) is 3. The molecule has 0 fully saturated rings. The molecule has 2 heterocycles. The average Bonchev–Trinajstić information content (AvgIpc) is 2.83. The first-order valence-electron chi connectivity index (χ1n) is 4.84. The molecule has 0 aliphatic carbocycles. The summed E-state index contributed by atoms with van der Waals surface area (Å²) in [4.78, 5) is 4.32. The topological polar surface area (TPSA) is 43.8 Å². The van der Waals surface area contributed by atoms with Crippen molar-refractivity contribution in [3.05, 3.63) is 37.4 Å².